The fourth-order valence-corrected chi connectivity index (χ4v) is 2.37. The Labute approximate surface area is 150 Å². The highest BCUT2D eigenvalue weighted by atomic mass is 35.5. The number of carbonyl (C=O) groups excluding carboxylic acids is 1. The summed E-state index contributed by atoms with van der Waals surface area (Å²) in [4.78, 5) is 23.3. The number of carboxylic acids is 1. The Morgan fingerprint density at radius 3 is 2.44 bits per heavy atom. The molecule has 0 aliphatic heterocycles. The van der Waals surface area contributed by atoms with Crippen LogP contribution in [-0.4, -0.2) is 28.2 Å². The molecule has 0 aromatic heterocycles. The van der Waals surface area contributed by atoms with Crippen molar-refractivity contribution in [2.45, 2.75) is 26.9 Å². The minimum absolute atomic E-state index is 0.0754. The maximum absolute atomic E-state index is 12.4. The number of ether oxygens (including phenoxy) is 1. The number of halogens is 1. The highest BCUT2D eigenvalue weighted by Crippen LogP contribution is 2.29. The zero-order chi connectivity index (χ0) is 18.7. The molecule has 2 aromatic rings. The first-order valence-electron chi connectivity index (χ1n) is 7.53. The molecule has 1 amide bonds. The van der Waals surface area contributed by atoms with E-state index in [-0.39, 0.29) is 22.9 Å². The van der Waals surface area contributed by atoms with Gasteiger partial charge in [-0.3, -0.25) is 4.79 Å². The van der Waals surface area contributed by atoms with E-state index in [2.05, 4.69) is 5.32 Å². The molecule has 0 saturated heterocycles. The van der Waals surface area contributed by atoms with Gasteiger partial charge in [-0.25, -0.2) is 4.79 Å². The lowest BCUT2D eigenvalue weighted by Gasteiger charge is -2.15. The topological polar surface area (TPSA) is 95.9 Å². The van der Waals surface area contributed by atoms with Gasteiger partial charge in [0.25, 0.3) is 5.91 Å². The maximum Gasteiger partial charge on any atom is 0.339 e. The second-order valence-corrected chi connectivity index (χ2v) is 6.15. The fourth-order valence-electron chi connectivity index (χ4n) is 2.15. The van der Waals surface area contributed by atoms with Crippen LogP contribution in [0.5, 0.6) is 11.5 Å². The number of phenols is 1. The Morgan fingerprint density at radius 2 is 1.88 bits per heavy atom. The van der Waals surface area contributed by atoms with E-state index in [1.165, 1.54) is 24.3 Å². The molecule has 25 heavy (non-hydrogen) atoms. The van der Waals surface area contributed by atoms with Gasteiger partial charge in [-0.1, -0.05) is 11.6 Å². The Kier molecular flexibility index (Phi) is 5.54. The number of carbonyl (C=O) groups is 2. The molecule has 2 aromatic carbocycles. The van der Waals surface area contributed by atoms with Gasteiger partial charge in [0.1, 0.15) is 17.1 Å². The minimum atomic E-state index is -1.25. The van der Waals surface area contributed by atoms with Crippen molar-refractivity contribution in [2.24, 2.45) is 0 Å². The number of anilines is 1. The largest absolute Gasteiger partial charge is 0.507 e. The normalized spacial score (nSPS) is 10.6. The van der Waals surface area contributed by atoms with Crippen molar-refractivity contribution in [3.63, 3.8) is 0 Å². The molecular weight excluding hydrogens is 346 g/mol. The summed E-state index contributed by atoms with van der Waals surface area (Å²) < 4.78 is 5.66. The molecule has 0 aliphatic rings. The van der Waals surface area contributed by atoms with Gasteiger partial charge >= 0.3 is 5.97 Å². The molecule has 0 saturated carbocycles. The van der Waals surface area contributed by atoms with Crippen LogP contribution in [0.15, 0.2) is 30.3 Å². The summed E-state index contributed by atoms with van der Waals surface area (Å²) in [5.74, 6) is -1.64. The Bertz CT molecular complexity index is 832. The third-order valence-electron chi connectivity index (χ3n) is 3.41. The van der Waals surface area contributed by atoms with Gasteiger partial charge in [-0.2, -0.15) is 0 Å². The Balaban J connectivity index is 2.28. The number of rotatable bonds is 5. The predicted molar refractivity (Wildman–Crippen MR) is 95.0 cm³/mol. The molecule has 0 aliphatic carbocycles. The number of hydrogen-bond donors (Lipinski definition) is 3. The molecule has 0 radical (unpaired) electrons. The summed E-state index contributed by atoms with van der Waals surface area (Å²) in [5.41, 5.74) is 1.03. The third-order valence-corrected chi connectivity index (χ3v) is 3.80. The van der Waals surface area contributed by atoms with Crippen LogP contribution in [0.3, 0.4) is 0 Å². The summed E-state index contributed by atoms with van der Waals surface area (Å²) in [6.45, 7) is 5.53. The quantitative estimate of drug-likeness (QED) is 0.743. The number of benzene rings is 2. The number of nitrogens with one attached hydrogen (secondary N) is 1. The molecule has 0 fully saturated rings. The van der Waals surface area contributed by atoms with Crippen molar-refractivity contribution in [1.29, 1.82) is 0 Å². The van der Waals surface area contributed by atoms with E-state index in [9.17, 15) is 14.7 Å². The van der Waals surface area contributed by atoms with E-state index in [4.69, 9.17) is 21.4 Å². The SMILES string of the molecule is Cc1c(Cl)cc(C(=O)Nc2ccc(C(=O)O)c(O)c2)cc1OC(C)C. The standard InChI is InChI=1S/C18H18ClNO5/c1-9(2)25-16-7-11(6-14(19)10(16)3)17(22)20-12-4-5-13(18(23)24)15(21)8-12/h4-9,21H,1-3H3,(H,20,22)(H,23,24). The summed E-state index contributed by atoms with van der Waals surface area (Å²) in [6.07, 6.45) is -0.0754. The molecule has 0 bridgehead atoms. The van der Waals surface area contributed by atoms with Gasteiger partial charge in [0, 0.05) is 27.9 Å². The predicted octanol–water partition coefficient (Wildman–Crippen LogP) is 4.09. The molecule has 6 nitrogen and oxygen atoms in total. The molecular formula is C18H18ClNO5. The lowest BCUT2D eigenvalue weighted by Crippen LogP contribution is -2.14. The summed E-state index contributed by atoms with van der Waals surface area (Å²) in [7, 11) is 0. The highest BCUT2D eigenvalue weighted by molar-refractivity contribution is 6.32. The van der Waals surface area contributed by atoms with E-state index < -0.39 is 17.6 Å². The second kappa shape index (κ2) is 7.44. The summed E-state index contributed by atoms with van der Waals surface area (Å²) in [6, 6.07) is 6.88. The summed E-state index contributed by atoms with van der Waals surface area (Å²) >= 11 is 6.17. The van der Waals surface area contributed by atoms with E-state index in [0.29, 0.717) is 10.8 Å². The molecule has 0 unspecified atom stereocenters. The van der Waals surface area contributed by atoms with Crippen molar-refractivity contribution in [3.8, 4) is 11.5 Å². The number of amides is 1. The summed E-state index contributed by atoms with van der Waals surface area (Å²) in [5, 5.41) is 21.6. The van der Waals surface area contributed by atoms with E-state index >= 15 is 0 Å². The van der Waals surface area contributed by atoms with Crippen molar-refractivity contribution in [3.05, 3.63) is 52.0 Å². The van der Waals surface area contributed by atoms with Crippen LogP contribution in [0.25, 0.3) is 0 Å². The number of hydrogen-bond acceptors (Lipinski definition) is 4. The number of carboxylic acid groups (broad SMARTS) is 1. The van der Waals surface area contributed by atoms with Gasteiger partial charge in [-0.15, -0.1) is 0 Å². The third kappa shape index (κ3) is 4.42. The van der Waals surface area contributed by atoms with Gasteiger partial charge in [-0.05, 0) is 45.0 Å². The number of aromatic hydroxyl groups is 1. The van der Waals surface area contributed by atoms with Crippen LogP contribution in [0.2, 0.25) is 5.02 Å². The Morgan fingerprint density at radius 1 is 1.20 bits per heavy atom. The van der Waals surface area contributed by atoms with Crippen molar-refractivity contribution >= 4 is 29.2 Å². The van der Waals surface area contributed by atoms with Gasteiger partial charge in [0.05, 0.1) is 6.10 Å². The average Bonchev–Trinajstić information content (AvgIpc) is 2.50. The molecule has 0 heterocycles. The first kappa shape index (κ1) is 18.6. The van der Waals surface area contributed by atoms with E-state index in [0.717, 1.165) is 5.56 Å². The van der Waals surface area contributed by atoms with Crippen LogP contribution in [0.1, 0.15) is 40.1 Å². The van der Waals surface area contributed by atoms with Crippen molar-refractivity contribution in [1.82, 2.24) is 0 Å². The van der Waals surface area contributed by atoms with E-state index in [1.807, 2.05) is 13.8 Å². The second-order valence-electron chi connectivity index (χ2n) is 5.74. The van der Waals surface area contributed by atoms with Crippen LogP contribution in [-0.2, 0) is 0 Å². The van der Waals surface area contributed by atoms with Crippen LogP contribution in [0, 0.1) is 6.92 Å². The van der Waals surface area contributed by atoms with Gasteiger partial charge in [0.15, 0.2) is 0 Å². The van der Waals surface area contributed by atoms with Gasteiger partial charge in [0.2, 0.25) is 0 Å². The first-order chi connectivity index (χ1) is 11.7. The van der Waals surface area contributed by atoms with Crippen LogP contribution in [0.4, 0.5) is 5.69 Å². The first-order valence-corrected chi connectivity index (χ1v) is 7.91. The molecule has 2 rings (SSSR count). The smallest absolute Gasteiger partial charge is 0.339 e. The zero-order valence-corrected chi connectivity index (χ0v) is 14.7. The van der Waals surface area contributed by atoms with E-state index in [1.54, 1.807) is 13.0 Å². The maximum atomic E-state index is 12.4. The highest BCUT2D eigenvalue weighted by Gasteiger charge is 2.15. The lowest BCUT2D eigenvalue weighted by atomic mass is 10.1. The van der Waals surface area contributed by atoms with Crippen molar-refractivity contribution < 1.29 is 24.5 Å². The molecule has 3 N–H and O–H groups in total. The van der Waals surface area contributed by atoms with Gasteiger partial charge < -0.3 is 20.3 Å². The zero-order valence-electron chi connectivity index (χ0n) is 14.0. The minimum Gasteiger partial charge on any atom is -0.507 e. The molecule has 132 valence electrons. The lowest BCUT2D eigenvalue weighted by molar-refractivity contribution is 0.0693. The monoisotopic (exact) mass is 363 g/mol. The molecule has 0 atom stereocenters. The van der Waals surface area contributed by atoms with Crippen LogP contribution >= 0.6 is 11.6 Å². The fraction of sp³-hybridized carbons (Fsp3) is 0.222. The number of aromatic carboxylic acids is 1. The molecule has 7 heteroatoms. The van der Waals surface area contributed by atoms with Crippen molar-refractivity contribution in [2.75, 3.05) is 5.32 Å². The Hall–Kier alpha value is -2.73. The van der Waals surface area contributed by atoms with Crippen LogP contribution < -0.4 is 10.1 Å². The average molecular weight is 364 g/mol. The molecule has 0 spiro atoms.